The van der Waals surface area contributed by atoms with Gasteiger partial charge < -0.3 is 24.0 Å². The van der Waals surface area contributed by atoms with Crippen LogP contribution in [-0.2, 0) is 21.7 Å². The number of carbonyl (C=O) groups excluding carboxylic acids is 2. The van der Waals surface area contributed by atoms with E-state index < -0.39 is 31.6 Å². The minimum Gasteiger partial charge on any atom is -0.497 e. The van der Waals surface area contributed by atoms with Crippen LogP contribution in [0.3, 0.4) is 0 Å². The Balaban J connectivity index is 1.22. The van der Waals surface area contributed by atoms with E-state index in [1.54, 1.807) is 72.4 Å². The normalized spacial score (nSPS) is 21.7. The van der Waals surface area contributed by atoms with Gasteiger partial charge in [-0.1, -0.05) is 60.7 Å². The number of benzene rings is 4. The molecule has 2 aliphatic heterocycles. The van der Waals surface area contributed by atoms with Crippen molar-refractivity contribution in [1.82, 2.24) is 15.0 Å². The number of aromatic nitrogens is 3. The monoisotopic (exact) mass is 719 g/mol. The molecule has 10 nitrogen and oxygen atoms in total. The Hall–Kier alpha value is -5.17. The van der Waals surface area contributed by atoms with Crippen LogP contribution < -0.4 is 15.0 Å². The molecular formula is C40H42FN5O5Si. The van der Waals surface area contributed by atoms with Crippen molar-refractivity contribution < 1.29 is 28.3 Å². The third-order valence-electron chi connectivity index (χ3n) is 10.4. The summed E-state index contributed by atoms with van der Waals surface area (Å²) in [7, 11) is -1.88. The molecule has 5 atom stereocenters. The van der Waals surface area contributed by atoms with E-state index in [4.69, 9.17) is 9.47 Å². The van der Waals surface area contributed by atoms with Gasteiger partial charge in [0, 0.05) is 46.7 Å². The van der Waals surface area contributed by atoms with Crippen molar-refractivity contribution in [2.24, 2.45) is 5.92 Å². The number of aryl methyl sites for hydroxylation is 1. The lowest BCUT2D eigenvalue weighted by Crippen LogP contribution is -2.44. The molecule has 2 amide bonds. The van der Waals surface area contributed by atoms with Gasteiger partial charge in [-0.2, -0.15) is 0 Å². The molecule has 0 radical (unpaired) electrons. The van der Waals surface area contributed by atoms with Gasteiger partial charge in [0.1, 0.15) is 5.75 Å². The van der Waals surface area contributed by atoms with Gasteiger partial charge in [-0.15, -0.1) is 5.10 Å². The summed E-state index contributed by atoms with van der Waals surface area (Å²) >= 11 is 0. The predicted molar refractivity (Wildman–Crippen MR) is 199 cm³/mol. The van der Waals surface area contributed by atoms with Crippen LogP contribution in [0.5, 0.6) is 5.75 Å². The second-order valence-corrected chi connectivity index (χ2v) is 17.8. The number of nitrogens with one attached hydrogen (secondary N) is 1. The number of carbonyl (C=O) groups is 2. The largest absolute Gasteiger partial charge is 0.497 e. The van der Waals surface area contributed by atoms with Gasteiger partial charge >= 0.3 is 0 Å². The van der Waals surface area contributed by atoms with E-state index in [2.05, 4.69) is 15.6 Å². The Kier molecular flexibility index (Phi) is 9.55. The average molecular weight is 720 g/mol. The number of aliphatic hydroxyl groups is 1. The Bertz CT molecular complexity index is 2060. The van der Waals surface area contributed by atoms with Crippen molar-refractivity contribution in [2.45, 2.75) is 56.1 Å². The van der Waals surface area contributed by atoms with Gasteiger partial charge in [0.05, 0.1) is 37.1 Å². The van der Waals surface area contributed by atoms with Gasteiger partial charge in [-0.05, 0) is 79.7 Å². The summed E-state index contributed by atoms with van der Waals surface area (Å²) in [6.45, 7) is 5.50. The summed E-state index contributed by atoms with van der Waals surface area (Å²) < 4.78 is 30.4. The summed E-state index contributed by atoms with van der Waals surface area (Å²) in [5.74, 6) is -0.835. The number of nitrogens with zero attached hydrogens (tertiary/aromatic N) is 4. The minimum absolute atomic E-state index is 0.125. The second-order valence-electron chi connectivity index (χ2n) is 14.0. The topological polar surface area (TPSA) is 119 Å². The Labute approximate surface area is 303 Å². The number of aliphatic hydroxyl groups excluding tert-OH is 1. The van der Waals surface area contributed by atoms with Crippen molar-refractivity contribution in [3.63, 3.8) is 0 Å². The third kappa shape index (κ3) is 6.31. The number of methoxy groups -OCH3 is 1. The Morgan fingerprint density at radius 3 is 2.38 bits per heavy atom. The molecule has 4 aromatic carbocycles. The van der Waals surface area contributed by atoms with E-state index in [1.165, 1.54) is 0 Å². The maximum atomic E-state index is 16.5. The molecule has 52 heavy (non-hydrogen) atoms. The molecule has 3 heterocycles. The van der Waals surface area contributed by atoms with Crippen LogP contribution in [0.2, 0.25) is 18.6 Å². The number of rotatable bonds is 11. The van der Waals surface area contributed by atoms with Crippen LogP contribution in [-0.4, -0.2) is 60.1 Å². The zero-order chi connectivity index (χ0) is 36.6. The molecule has 1 spiro atoms. The zero-order valence-corrected chi connectivity index (χ0v) is 30.6. The number of ether oxygens (including phenoxy) is 2. The number of para-hydroxylation sites is 1. The maximum absolute atomic E-state index is 16.5. The van der Waals surface area contributed by atoms with E-state index in [1.807, 2.05) is 73.7 Å². The van der Waals surface area contributed by atoms with E-state index >= 15 is 4.11 Å². The Morgan fingerprint density at radius 2 is 1.73 bits per heavy atom. The highest BCUT2D eigenvalue weighted by atomic mass is 28.4. The first-order valence-electron chi connectivity index (χ1n) is 17.5. The summed E-state index contributed by atoms with van der Waals surface area (Å²) in [5.41, 5.74) is 2.34. The van der Waals surface area contributed by atoms with Gasteiger partial charge in [0.15, 0.2) is 5.60 Å². The van der Waals surface area contributed by atoms with Crippen LogP contribution in [0, 0.1) is 5.92 Å². The molecule has 12 heteroatoms. The van der Waals surface area contributed by atoms with Crippen LogP contribution in [0.25, 0.3) is 0 Å². The summed E-state index contributed by atoms with van der Waals surface area (Å²) in [6, 6.07) is 31.1. The fourth-order valence-corrected chi connectivity index (χ4v) is 10.5. The van der Waals surface area contributed by atoms with Crippen molar-refractivity contribution in [3.05, 3.63) is 132 Å². The summed E-state index contributed by atoms with van der Waals surface area (Å²) in [5, 5.41) is 21.8. The van der Waals surface area contributed by atoms with Gasteiger partial charge in [0.25, 0.3) is 11.8 Å². The molecule has 1 saturated heterocycles. The smallest absolute Gasteiger partial charge is 0.268 e. The number of anilines is 3. The van der Waals surface area contributed by atoms with E-state index in [-0.39, 0.29) is 24.3 Å². The van der Waals surface area contributed by atoms with E-state index in [0.29, 0.717) is 52.6 Å². The van der Waals surface area contributed by atoms with Crippen LogP contribution in [0.15, 0.2) is 109 Å². The lowest BCUT2D eigenvalue weighted by Gasteiger charge is -2.31. The summed E-state index contributed by atoms with van der Waals surface area (Å²) in [4.78, 5) is 29.9. The standard InChI is InChI=1S/C40H42FN5O5Si/c1-26-37(52(3,4)41)36(21-22-45-24-34(43-44-45)32(25-47)27-11-7-5-8-12-27)51-40(26)33-23-29(42-38(48)28-15-18-31(50-2)19-16-28)17-20-35(33)46(39(40)49)30-13-9-6-10-14-30/h5-20,23-24,26,32,36-37,47H,21-22,25H2,1-4H3,(H,42,48)/t26-,32?,36+,37-,40+/m0/s1. The fraction of sp³-hybridized carbons (Fsp3) is 0.300. The maximum Gasteiger partial charge on any atom is 0.268 e. The quantitative estimate of drug-likeness (QED) is 0.109. The summed E-state index contributed by atoms with van der Waals surface area (Å²) in [6.07, 6.45) is 1.58. The molecule has 0 bridgehead atoms. The molecule has 5 aromatic rings. The SMILES string of the molecule is COc1ccc(C(=O)Nc2ccc3c(c2)[C@@]2(O[C@H](CCn4cc(C(CO)c5ccccc5)nn4)[C@@H]([Si](C)(C)F)[C@@H]2C)C(=O)N3c2ccccc2)cc1. The van der Waals surface area contributed by atoms with Crippen molar-refractivity contribution in [2.75, 3.05) is 23.9 Å². The lowest BCUT2D eigenvalue weighted by atomic mass is 9.82. The average Bonchev–Trinajstić information content (AvgIpc) is 3.81. The van der Waals surface area contributed by atoms with E-state index in [0.717, 1.165) is 5.56 Å². The first-order chi connectivity index (χ1) is 25.0. The van der Waals surface area contributed by atoms with E-state index in [9.17, 15) is 14.7 Å². The first-order valence-corrected chi connectivity index (χ1v) is 20.4. The number of fused-ring (bicyclic) bond motifs is 2. The first kappa shape index (κ1) is 35.2. The number of hydrogen-bond donors (Lipinski definition) is 2. The zero-order valence-electron chi connectivity index (χ0n) is 29.6. The van der Waals surface area contributed by atoms with Crippen LogP contribution in [0.4, 0.5) is 21.2 Å². The number of halogens is 1. The van der Waals surface area contributed by atoms with Crippen molar-refractivity contribution >= 4 is 37.3 Å². The van der Waals surface area contributed by atoms with Crippen molar-refractivity contribution in [3.8, 4) is 5.75 Å². The molecule has 0 aliphatic carbocycles. The highest BCUT2D eigenvalue weighted by Crippen LogP contribution is 2.61. The highest BCUT2D eigenvalue weighted by molar-refractivity contribution is 6.72. The second kappa shape index (κ2) is 14.1. The molecular weight excluding hydrogens is 678 g/mol. The molecule has 1 aromatic heterocycles. The predicted octanol–water partition coefficient (Wildman–Crippen LogP) is 7.21. The third-order valence-corrected chi connectivity index (χ3v) is 12.9. The lowest BCUT2D eigenvalue weighted by molar-refractivity contribution is -0.145. The van der Waals surface area contributed by atoms with Gasteiger partial charge in [-0.3, -0.25) is 19.2 Å². The number of amides is 2. The highest BCUT2D eigenvalue weighted by Gasteiger charge is 2.67. The molecule has 0 saturated carbocycles. The molecule has 2 N–H and O–H groups in total. The van der Waals surface area contributed by atoms with Crippen molar-refractivity contribution in [1.29, 1.82) is 0 Å². The molecule has 1 unspecified atom stereocenters. The van der Waals surface area contributed by atoms with Crippen LogP contribution in [0.1, 0.15) is 46.4 Å². The minimum atomic E-state index is -3.44. The number of hydrogen-bond acceptors (Lipinski definition) is 7. The molecule has 268 valence electrons. The van der Waals surface area contributed by atoms with Gasteiger partial charge in [-0.25, -0.2) is 0 Å². The molecule has 7 rings (SSSR count). The Morgan fingerprint density at radius 1 is 1.04 bits per heavy atom. The fourth-order valence-electron chi connectivity index (χ4n) is 8.00. The van der Waals surface area contributed by atoms with Gasteiger partial charge in [0.2, 0.25) is 8.41 Å². The van der Waals surface area contributed by atoms with Crippen LogP contribution >= 0.6 is 0 Å². The molecule has 1 fully saturated rings. The molecule has 2 aliphatic rings.